The van der Waals surface area contributed by atoms with Crippen molar-refractivity contribution in [1.29, 1.82) is 0 Å². The van der Waals surface area contributed by atoms with Gasteiger partial charge >= 0.3 is 6.09 Å². The molecule has 8 nitrogen and oxygen atoms in total. The zero-order chi connectivity index (χ0) is 19.8. The van der Waals surface area contributed by atoms with Gasteiger partial charge in [-0.15, -0.1) is 0 Å². The summed E-state index contributed by atoms with van der Waals surface area (Å²) in [6, 6.07) is 10.8. The third-order valence-electron chi connectivity index (χ3n) is 4.55. The fourth-order valence-corrected chi connectivity index (χ4v) is 3.41. The summed E-state index contributed by atoms with van der Waals surface area (Å²) in [4.78, 5) is 35.7. The van der Waals surface area contributed by atoms with Crippen LogP contribution in [0.2, 0.25) is 5.02 Å². The molecule has 0 aliphatic carbocycles. The maximum Gasteiger partial charge on any atom is 0.414 e. The second kappa shape index (κ2) is 6.88. The third-order valence-corrected chi connectivity index (χ3v) is 4.81. The SMILES string of the molecule is CCC1(Oc2ccc(Cl)cc2)C(=O)N(C(=O)O)C1c1ccccc1[N+](=O)[O-]. The fraction of sp³-hybridized carbons (Fsp3) is 0.222. The number of hydrogen-bond acceptors (Lipinski definition) is 5. The van der Waals surface area contributed by atoms with Crippen LogP contribution >= 0.6 is 11.6 Å². The van der Waals surface area contributed by atoms with E-state index in [4.69, 9.17) is 16.3 Å². The number of carbonyl (C=O) groups excluding carboxylic acids is 1. The lowest BCUT2D eigenvalue weighted by molar-refractivity contribution is -0.386. The minimum atomic E-state index is -1.57. The van der Waals surface area contributed by atoms with Gasteiger partial charge in [-0.05, 0) is 36.8 Å². The molecule has 1 aliphatic rings. The molecule has 0 saturated carbocycles. The molecule has 2 aromatic rings. The number of carbonyl (C=O) groups is 2. The molecule has 1 heterocycles. The molecule has 1 fully saturated rings. The molecule has 2 aromatic carbocycles. The van der Waals surface area contributed by atoms with Crippen LogP contribution in [0.1, 0.15) is 24.9 Å². The maximum atomic E-state index is 12.7. The summed E-state index contributed by atoms with van der Waals surface area (Å²) in [7, 11) is 0. The van der Waals surface area contributed by atoms with E-state index in [2.05, 4.69) is 0 Å². The van der Waals surface area contributed by atoms with Crippen molar-refractivity contribution in [3.63, 3.8) is 0 Å². The fourth-order valence-electron chi connectivity index (χ4n) is 3.28. The molecule has 2 amide bonds. The van der Waals surface area contributed by atoms with Crippen LogP contribution in [0.25, 0.3) is 0 Å². The van der Waals surface area contributed by atoms with Crippen LogP contribution in [0.15, 0.2) is 48.5 Å². The number of halogens is 1. The number of para-hydroxylation sites is 1. The molecule has 9 heteroatoms. The molecule has 1 saturated heterocycles. The first-order chi connectivity index (χ1) is 12.8. The average molecular weight is 391 g/mol. The Hall–Kier alpha value is -3.13. The molecule has 0 spiro atoms. The number of β-lactam (4-membered cyclic amide) rings is 1. The molecule has 27 heavy (non-hydrogen) atoms. The predicted octanol–water partition coefficient (Wildman–Crippen LogP) is 4.04. The molecule has 0 radical (unpaired) electrons. The van der Waals surface area contributed by atoms with Gasteiger partial charge in [-0.2, -0.15) is 0 Å². The molecule has 1 aliphatic heterocycles. The van der Waals surface area contributed by atoms with Gasteiger partial charge in [0.05, 0.1) is 10.5 Å². The summed E-state index contributed by atoms with van der Waals surface area (Å²) in [6.07, 6.45) is -1.37. The Kier molecular flexibility index (Phi) is 4.75. The van der Waals surface area contributed by atoms with Crippen LogP contribution in [0.4, 0.5) is 10.5 Å². The van der Waals surface area contributed by atoms with Crippen molar-refractivity contribution in [3.8, 4) is 5.75 Å². The largest absolute Gasteiger partial charge is 0.475 e. The highest BCUT2D eigenvalue weighted by Gasteiger charge is 2.66. The number of imide groups is 1. The monoisotopic (exact) mass is 390 g/mol. The van der Waals surface area contributed by atoms with E-state index in [1.807, 2.05) is 0 Å². The lowest BCUT2D eigenvalue weighted by Gasteiger charge is -2.52. The third kappa shape index (κ3) is 2.97. The lowest BCUT2D eigenvalue weighted by atomic mass is 9.75. The second-order valence-corrected chi connectivity index (χ2v) is 6.41. The normalized spacial score (nSPS) is 21.5. The summed E-state index contributed by atoms with van der Waals surface area (Å²) in [6.45, 7) is 1.66. The highest BCUT2D eigenvalue weighted by molar-refractivity contribution is 6.30. The summed E-state index contributed by atoms with van der Waals surface area (Å²) in [5.41, 5.74) is -1.75. The number of likely N-dealkylation sites (tertiary alicyclic amines) is 1. The summed E-state index contributed by atoms with van der Waals surface area (Å²) >= 11 is 5.85. The quantitative estimate of drug-likeness (QED) is 0.468. The van der Waals surface area contributed by atoms with Gasteiger partial charge in [-0.25, -0.2) is 9.69 Å². The van der Waals surface area contributed by atoms with Crippen LogP contribution in [-0.4, -0.2) is 32.5 Å². The minimum absolute atomic E-state index is 0.0975. The lowest BCUT2D eigenvalue weighted by Crippen LogP contribution is -2.72. The molecule has 1 N–H and O–H groups in total. The summed E-state index contributed by atoms with van der Waals surface area (Å²) in [5, 5.41) is 21.3. The highest BCUT2D eigenvalue weighted by Crippen LogP contribution is 2.50. The number of benzene rings is 2. The van der Waals surface area contributed by atoms with Gasteiger partial charge in [0.15, 0.2) is 0 Å². The van der Waals surface area contributed by atoms with Crippen molar-refractivity contribution < 1.29 is 24.4 Å². The predicted molar refractivity (Wildman–Crippen MR) is 95.8 cm³/mol. The van der Waals surface area contributed by atoms with Crippen molar-refractivity contribution in [2.45, 2.75) is 25.0 Å². The van der Waals surface area contributed by atoms with E-state index in [1.165, 1.54) is 18.2 Å². The van der Waals surface area contributed by atoms with Crippen molar-refractivity contribution >= 4 is 29.3 Å². The van der Waals surface area contributed by atoms with Crippen LogP contribution < -0.4 is 4.74 Å². The maximum absolute atomic E-state index is 12.7. The molecule has 2 unspecified atom stereocenters. The average Bonchev–Trinajstić information content (AvgIpc) is 2.64. The zero-order valence-corrected chi connectivity index (χ0v) is 14.9. The second-order valence-electron chi connectivity index (χ2n) is 5.98. The Bertz CT molecular complexity index is 916. The van der Waals surface area contributed by atoms with Gasteiger partial charge in [0, 0.05) is 11.1 Å². The Labute approximate surface area is 159 Å². The number of carboxylic acid groups (broad SMARTS) is 1. The first kappa shape index (κ1) is 18.7. The van der Waals surface area contributed by atoms with E-state index in [-0.39, 0.29) is 17.7 Å². The smallest absolute Gasteiger partial charge is 0.414 e. The van der Waals surface area contributed by atoms with E-state index in [0.717, 1.165) is 0 Å². The Balaban J connectivity index is 2.11. The minimum Gasteiger partial charge on any atom is -0.475 e. The molecular weight excluding hydrogens is 376 g/mol. The first-order valence-electron chi connectivity index (χ1n) is 8.06. The van der Waals surface area contributed by atoms with Gasteiger partial charge in [-0.1, -0.05) is 30.7 Å². The van der Waals surface area contributed by atoms with Crippen LogP contribution in [0.3, 0.4) is 0 Å². The molecule has 0 aromatic heterocycles. The van der Waals surface area contributed by atoms with Crippen molar-refractivity contribution in [2.24, 2.45) is 0 Å². The van der Waals surface area contributed by atoms with Crippen LogP contribution in [0, 0.1) is 10.1 Å². The van der Waals surface area contributed by atoms with Gasteiger partial charge in [0.2, 0.25) is 5.60 Å². The topological polar surface area (TPSA) is 110 Å². The van der Waals surface area contributed by atoms with Gasteiger partial charge in [-0.3, -0.25) is 14.9 Å². The van der Waals surface area contributed by atoms with E-state index in [9.17, 15) is 24.8 Å². The summed E-state index contributed by atoms with van der Waals surface area (Å²) in [5.74, 6) is -0.459. The van der Waals surface area contributed by atoms with E-state index in [0.29, 0.717) is 15.7 Å². The molecule has 0 bridgehead atoms. The molecule has 2 atom stereocenters. The van der Waals surface area contributed by atoms with Crippen molar-refractivity contribution in [3.05, 3.63) is 69.2 Å². The number of nitrogens with zero attached hydrogens (tertiary/aromatic N) is 2. The number of nitro benzene ring substituents is 1. The van der Waals surface area contributed by atoms with Gasteiger partial charge in [0.1, 0.15) is 11.8 Å². The number of ether oxygens (including phenoxy) is 1. The van der Waals surface area contributed by atoms with Gasteiger partial charge < -0.3 is 9.84 Å². The zero-order valence-electron chi connectivity index (χ0n) is 14.2. The Morgan fingerprint density at radius 2 is 1.93 bits per heavy atom. The number of nitro groups is 1. The first-order valence-corrected chi connectivity index (χ1v) is 8.44. The summed E-state index contributed by atoms with van der Waals surface area (Å²) < 4.78 is 5.90. The number of hydrogen-bond donors (Lipinski definition) is 1. The van der Waals surface area contributed by atoms with E-state index < -0.39 is 28.6 Å². The van der Waals surface area contributed by atoms with Crippen LogP contribution in [-0.2, 0) is 4.79 Å². The number of rotatable bonds is 5. The highest BCUT2D eigenvalue weighted by atomic mass is 35.5. The Morgan fingerprint density at radius 1 is 1.30 bits per heavy atom. The van der Waals surface area contributed by atoms with Crippen LogP contribution in [0.5, 0.6) is 5.75 Å². The van der Waals surface area contributed by atoms with Crippen molar-refractivity contribution in [1.82, 2.24) is 4.90 Å². The van der Waals surface area contributed by atoms with Crippen molar-refractivity contribution in [2.75, 3.05) is 0 Å². The molecular formula is C18H15ClN2O6. The van der Waals surface area contributed by atoms with Gasteiger partial charge in [0.25, 0.3) is 11.6 Å². The molecule has 140 valence electrons. The number of amides is 2. The Morgan fingerprint density at radius 3 is 2.48 bits per heavy atom. The van der Waals surface area contributed by atoms with E-state index in [1.54, 1.807) is 37.3 Å². The van der Waals surface area contributed by atoms with E-state index >= 15 is 0 Å². The standard InChI is InChI=1S/C18H15ClN2O6/c1-2-18(27-12-9-7-11(19)8-10-12)15(20(16(18)22)17(23)24)13-5-3-4-6-14(13)21(25)26/h3-10,15H,2H2,1H3,(H,23,24). The molecule has 3 rings (SSSR count).